The standard InChI is InChI=1S/C21H25N3O2/c1-2-24-14-6-9-19(24)15-22-20(25)17-10-12-18(13-11-17)23-21(26)16-7-4-3-5-8-16/h3-5,7-8,10-13,19H,2,6,9,14-15H2,1H3,(H,22,25)(H,23,26). The lowest BCUT2D eigenvalue weighted by Gasteiger charge is -2.22. The molecule has 1 saturated heterocycles. The number of benzene rings is 2. The van der Waals surface area contributed by atoms with Gasteiger partial charge in [0.1, 0.15) is 0 Å². The Morgan fingerprint density at radius 3 is 2.38 bits per heavy atom. The highest BCUT2D eigenvalue weighted by Crippen LogP contribution is 2.16. The molecule has 1 atom stereocenters. The fourth-order valence-electron chi connectivity index (χ4n) is 3.35. The van der Waals surface area contributed by atoms with Crippen molar-refractivity contribution in [3.8, 4) is 0 Å². The summed E-state index contributed by atoms with van der Waals surface area (Å²) in [4.78, 5) is 26.9. The minimum absolute atomic E-state index is 0.0751. The lowest BCUT2D eigenvalue weighted by molar-refractivity contribution is 0.0941. The van der Waals surface area contributed by atoms with E-state index in [1.807, 2.05) is 18.2 Å². The van der Waals surface area contributed by atoms with Crippen LogP contribution < -0.4 is 10.6 Å². The number of carbonyl (C=O) groups excluding carboxylic acids is 2. The number of nitrogens with one attached hydrogen (secondary N) is 2. The van der Waals surface area contributed by atoms with Crippen molar-refractivity contribution in [1.29, 1.82) is 0 Å². The van der Waals surface area contributed by atoms with Gasteiger partial charge >= 0.3 is 0 Å². The molecule has 26 heavy (non-hydrogen) atoms. The first kappa shape index (κ1) is 18.1. The molecule has 1 aliphatic rings. The average Bonchev–Trinajstić information content (AvgIpc) is 3.15. The van der Waals surface area contributed by atoms with Crippen molar-refractivity contribution >= 4 is 17.5 Å². The zero-order valence-corrected chi connectivity index (χ0v) is 15.1. The van der Waals surface area contributed by atoms with Crippen LogP contribution in [-0.4, -0.2) is 42.4 Å². The van der Waals surface area contributed by atoms with Crippen LogP contribution in [0.5, 0.6) is 0 Å². The van der Waals surface area contributed by atoms with Crippen LogP contribution in [0, 0.1) is 0 Å². The summed E-state index contributed by atoms with van der Waals surface area (Å²) in [5, 5.41) is 5.86. The summed E-state index contributed by atoms with van der Waals surface area (Å²) in [6, 6.07) is 16.5. The first-order valence-corrected chi connectivity index (χ1v) is 9.16. The maximum atomic E-state index is 12.3. The Kier molecular flexibility index (Phi) is 6.02. The normalized spacial score (nSPS) is 17.0. The Balaban J connectivity index is 1.53. The lowest BCUT2D eigenvalue weighted by atomic mass is 10.1. The molecule has 0 spiro atoms. The minimum Gasteiger partial charge on any atom is -0.350 e. The van der Waals surface area contributed by atoms with E-state index < -0.39 is 0 Å². The molecule has 2 amide bonds. The SMILES string of the molecule is CCN1CCCC1CNC(=O)c1ccc(NC(=O)c2ccccc2)cc1. The fourth-order valence-corrected chi connectivity index (χ4v) is 3.35. The molecule has 136 valence electrons. The molecule has 1 fully saturated rings. The number of hydrogen-bond acceptors (Lipinski definition) is 3. The van der Waals surface area contributed by atoms with Crippen LogP contribution in [0.15, 0.2) is 54.6 Å². The van der Waals surface area contributed by atoms with E-state index >= 15 is 0 Å². The van der Waals surface area contributed by atoms with Gasteiger partial charge in [-0.25, -0.2) is 0 Å². The van der Waals surface area contributed by atoms with Gasteiger partial charge in [0.05, 0.1) is 0 Å². The second kappa shape index (κ2) is 8.63. The number of amides is 2. The molecule has 5 heteroatoms. The molecule has 1 heterocycles. The van der Waals surface area contributed by atoms with Crippen LogP contribution >= 0.6 is 0 Å². The predicted octanol–water partition coefficient (Wildman–Crippen LogP) is 3.15. The highest BCUT2D eigenvalue weighted by atomic mass is 16.2. The Bertz CT molecular complexity index is 744. The van der Waals surface area contributed by atoms with Crippen molar-refractivity contribution in [2.75, 3.05) is 25.0 Å². The van der Waals surface area contributed by atoms with Gasteiger partial charge in [-0.3, -0.25) is 14.5 Å². The van der Waals surface area contributed by atoms with Gasteiger partial charge in [-0.1, -0.05) is 25.1 Å². The van der Waals surface area contributed by atoms with E-state index in [0.717, 1.165) is 19.5 Å². The van der Waals surface area contributed by atoms with Crippen LogP contribution in [0.4, 0.5) is 5.69 Å². The quantitative estimate of drug-likeness (QED) is 0.840. The largest absolute Gasteiger partial charge is 0.350 e. The maximum absolute atomic E-state index is 12.3. The molecule has 2 N–H and O–H groups in total. The van der Waals surface area contributed by atoms with E-state index in [0.29, 0.717) is 29.4 Å². The van der Waals surface area contributed by atoms with Crippen LogP contribution in [0.2, 0.25) is 0 Å². The fraction of sp³-hybridized carbons (Fsp3) is 0.333. The van der Waals surface area contributed by atoms with Crippen LogP contribution in [0.1, 0.15) is 40.5 Å². The molecule has 2 aromatic rings. The topological polar surface area (TPSA) is 61.4 Å². The van der Waals surface area contributed by atoms with Crippen LogP contribution in [-0.2, 0) is 0 Å². The number of likely N-dealkylation sites (N-methyl/N-ethyl adjacent to an activating group) is 1. The summed E-state index contributed by atoms with van der Waals surface area (Å²) in [5.41, 5.74) is 1.87. The van der Waals surface area contributed by atoms with E-state index in [4.69, 9.17) is 0 Å². The number of anilines is 1. The van der Waals surface area contributed by atoms with Gasteiger partial charge in [0, 0.05) is 29.4 Å². The number of nitrogens with zero attached hydrogens (tertiary/aromatic N) is 1. The molecule has 1 aliphatic heterocycles. The molecule has 0 aliphatic carbocycles. The van der Waals surface area contributed by atoms with E-state index in [9.17, 15) is 9.59 Å². The molecule has 5 nitrogen and oxygen atoms in total. The third kappa shape index (κ3) is 4.49. The Morgan fingerprint density at radius 1 is 1.00 bits per heavy atom. The van der Waals surface area contributed by atoms with Gasteiger partial charge in [0.25, 0.3) is 11.8 Å². The van der Waals surface area contributed by atoms with E-state index in [-0.39, 0.29) is 11.8 Å². The second-order valence-corrected chi connectivity index (χ2v) is 6.53. The van der Waals surface area contributed by atoms with Crippen molar-refractivity contribution in [3.63, 3.8) is 0 Å². The molecule has 0 aromatic heterocycles. The zero-order chi connectivity index (χ0) is 18.4. The summed E-state index contributed by atoms with van der Waals surface area (Å²) in [6.45, 7) is 4.98. The molecule has 0 radical (unpaired) electrons. The molecular formula is C21H25N3O2. The van der Waals surface area contributed by atoms with Gasteiger partial charge in [0.2, 0.25) is 0 Å². The van der Waals surface area contributed by atoms with Gasteiger partial charge in [-0.05, 0) is 62.3 Å². The van der Waals surface area contributed by atoms with Crippen molar-refractivity contribution in [2.24, 2.45) is 0 Å². The van der Waals surface area contributed by atoms with Crippen molar-refractivity contribution in [2.45, 2.75) is 25.8 Å². The molecule has 1 unspecified atom stereocenters. The predicted molar refractivity (Wildman–Crippen MR) is 103 cm³/mol. The number of hydrogen-bond donors (Lipinski definition) is 2. The third-order valence-corrected chi connectivity index (χ3v) is 4.84. The number of carbonyl (C=O) groups is 2. The minimum atomic E-state index is -0.163. The van der Waals surface area contributed by atoms with E-state index in [1.165, 1.54) is 6.42 Å². The van der Waals surface area contributed by atoms with Gasteiger partial charge < -0.3 is 10.6 Å². The second-order valence-electron chi connectivity index (χ2n) is 6.53. The summed E-state index contributed by atoms with van der Waals surface area (Å²) < 4.78 is 0. The smallest absolute Gasteiger partial charge is 0.255 e. The van der Waals surface area contributed by atoms with Crippen molar-refractivity contribution < 1.29 is 9.59 Å². The van der Waals surface area contributed by atoms with Crippen molar-refractivity contribution in [3.05, 3.63) is 65.7 Å². The molecule has 2 aromatic carbocycles. The van der Waals surface area contributed by atoms with Gasteiger partial charge in [0.15, 0.2) is 0 Å². The van der Waals surface area contributed by atoms with Gasteiger partial charge in [-0.2, -0.15) is 0 Å². The summed E-state index contributed by atoms with van der Waals surface area (Å²) in [5.74, 6) is -0.238. The molecular weight excluding hydrogens is 326 g/mol. The van der Waals surface area contributed by atoms with E-state index in [1.54, 1.807) is 36.4 Å². The molecule has 3 rings (SSSR count). The third-order valence-electron chi connectivity index (χ3n) is 4.84. The average molecular weight is 351 g/mol. The summed E-state index contributed by atoms with van der Waals surface area (Å²) >= 11 is 0. The number of rotatable bonds is 6. The first-order chi connectivity index (χ1) is 12.7. The summed E-state index contributed by atoms with van der Waals surface area (Å²) in [6.07, 6.45) is 2.34. The Labute approximate surface area is 154 Å². The Morgan fingerprint density at radius 2 is 1.69 bits per heavy atom. The van der Waals surface area contributed by atoms with Crippen LogP contribution in [0.25, 0.3) is 0 Å². The first-order valence-electron chi connectivity index (χ1n) is 9.16. The van der Waals surface area contributed by atoms with E-state index in [2.05, 4.69) is 22.5 Å². The Hall–Kier alpha value is -2.66. The highest BCUT2D eigenvalue weighted by Gasteiger charge is 2.23. The van der Waals surface area contributed by atoms with Crippen molar-refractivity contribution in [1.82, 2.24) is 10.2 Å². The summed E-state index contributed by atoms with van der Waals surface area (Å²) in [7, 11) is 0. The maximum Gasteiger partial charge on any atom is 0.255 e. The lowest BCUT2D eigenvalue weighted by Crippen LogP contribution is -2.40. The van der Waals surface area contributed by atoms with Crippen LogP contribution in [0.3, 0.4) is 0 Å². The number of likely N-dealkylation sites (tertiary alicyclic amines) is 1. The molecule has 0 bridgehead atoms. The van der Waals surface area contributed by atoms with Gasteiger partial charge in [-0.15, -0.1) is 0 Å². The zero-order valence-electron chi connectivity index (χ0n) is 15.1. The molecule has 0 saturated carbocycles. The highest BCUT2D eigenvalue weighted by molar-refractivity contribution is 6.04. The monoisotopic (exact) mass is 351 g/mol.